The Morgan fingerprint density at radius 2 is 1.89 bits per heavy atom. The van der Waals surface area contributed by atoms with Crippen molar-refractivity contribution in [3.8, 4) is 22.2 Å². The van der Waals surface area contributed by atoms with E-state index in [2.05, 4.69) is 13.8 Å². The minimum atomic E-state index is -1.10. The van der Waals surface area contributed by atoms with Gasteiger partial charge in [0.2, 0.25) is 0 Å². The SMILES string of the molecule is COc1ccc2c(OC3CN(C(=O)OC(C)(C)C)C(C(=O)O)C3C)cc(-c3nc(C(C)C)cs3)nc2c1C. The molecule has 10 heteroatoms. The average molecular weight is 542 g/mol. The number of fused-ring (bicyclic) bond motifs is 1. The fourth-order valence-corrected chi connectivity index (χ4v) is 5.55. The standard InChI is InChI=1S/C28H35N3O6S/c1-14(2)19-13-38-25(30-19)18-11-21(17-9-10-20(35-8)15(3)23(17)29-18)36-22-12-31(24(16(22)4)26(32)33)27(34)37-28(5,6)7/h9-11,13-14,16,22,24H,12H2,1-8H3,(H,32,33). The molecule has 1 fully saturated rings. The van der Waals surface area contributed by atoms with Crippen molar-refractivity contribution in [2.45, 2.75) is 72.1 Å². The van der Waals surface area contributed by atoms with Crippen molar-refractivity contribution in [2.75, 3.05) is 13.7 Å². The lowest BCUT2D eigenvalue weighted by Crippen LogP contribution is -2.45. The number of carbonyl (C=O) groups is 2. The molecule has 1 amide bonds. The van der Waals surface area contributed by atoms with E-state index in [9.17, 15) is 14.7 Å². The molecule has 0 spiro atoms. The highest BCUT2D eigenvalue weighted by Gasteiger charge is 2.48. The Balaban J connectivity index is 1.77. The number of likely N-dealkylation sites (tertiary alicyclic amines) is 1. The summed E-state index contributed by atoms with van der Waals surface area (Å²) in [7, 11) is 1.61. The molecule has 0 saturated carbocycles. The zero-order chi connectivity index (χ0) is 27.9. The van der Waals surface area contributed by atoms with Gasteiger partial charge in [-0.1, -0.05) is 20.8 Å². The van der Waals surface area contributed by atoms with Crippen LogP contribution in [0.2, 0.25) is 0 Å². The molecule has 1 aliphatic heterocycles. The van der Waals surface area contributed by atoms with Crippen molar-refractivity contribution >= 4 is 34.3 Å². The molecule has 1 aromatic carbocycles. The number of aliphatic carboxylic acids is 1. The summed E-state index contributed by atoms with van der Waals surface area (Å²) in [4.78, 5) is 36.0. The number of amides is 1. The molecule has 3 unspecified atom stereocenters. The number of carboxylic acids is 1. The van der Waals surface area contributed by atoms with Crippen LogP contribution < -0.4 is 9.47 Å². The molecular formula is C28H35N3O6S. The number of carboxylic acid groups (broad SMARTS) is 1. The van der Waals surface area contributed by atoms with Crippen LogP contribution in [0.3, 0.4) is 0 Å². The number of nitrogens with zero attached hydrogens (tertiary/aromatic N) is 3. The van der Waals surface area contributed by atoms with E-state index in [-0.39, 0.29) is 12.5 Å². The van der Waals surface area contributed by atoms with Gasteiger partial charge >= 0.3 is 12.1 Å². The highest BCUT2D eigenvalue weighted by atomic mass is 32.1. The maximum atomic E-state index is 12.9. The van der Waals surface area contributed by atoms with E-state index in [0.717, 1.165) is 21.7 Å². The van der Waals surface area contributed by atoms with Crippen LogP contribution in [0.4, 0.5) is 4.79 Å². The van der Waals surface area contributed by atoms with Crippen LogP contribution in [-0.4, -0.2) is 63.4 Å². The third kappa shape index (κ3) is 5.41. The average Bonchev–Trinajstić information content (AvgIpc) is 3.44. The Labute approximate surface area is 226 Å². The summed E-state index contributed by atoms with van der Waals surface area (Å²) in [6, 6.07) is 4.51. The van der Waals surface area contributed by atoms with Gasteiger partial charge in [0.1, 0.15) is 39.9 Å². The van der Waals surface area contributed by atoms with Gasteiger partial charge in [-0.2, -0.15) is 0 Å². The zero-order valence-electron chi connectivity index (χ0n) is 23.1. The molecular weight excluding hydrogens is 506 g/mol. The first kappa shape index (κ1) is 27.6. The van der Waals surface area contributed by atoms with Gasteiger partial charge in [-0.15, -0.1) is 11.3 Å². The van der Waals surface area contributed by atoms with Crippen LogP contribution in [0, 0.1) is 12.8 Å². The topological polar surface area (TPSA) is 111 Å². The number of hydrogen-bond donors (Lipinski definition) is 1. The van der Waals surface area contributed by atoms with Gasteiger partial charge in [-0.25, -0.2) is 19.6 Å². The molecule has 3 heterocycles. The predicted molar refractivity (Wildman–Crippen MR) is 146 cm³/mol. The molecule has 2 aromatic heterocycles. The molecule has 0 aliphatic carbocycles. The number of benzene rings is 1. The first-order valence-electron chi connectivity index (χ1n) is 12.6. The van der Waals surface area contributed by atoms with Gasteiger partial charge in [0.15, 0.2) is 0 Å². The van der Waals surface area contributed by atoms with Gasteiger partial charge in [0, 0.05) is 28.3 Å². The third-order valence-corrected chi connectivity index (χ3v) is 7.54. The van der Waals surface area contributed by atoms with E-state index >= 15 is 0 Å². The summed E-state index contributed by atoms with van der Waals surface area (Å²) in [5.74, 6) is -0.0580. The largest absolute Gasteiger partial charge is 0.496 e. The maximum absolute atomic E-state index is 12.9. The van der Waals surface area contributed by atoms with Crippen LogP contribution in [-0.2, 0) is 9.53 Å². The molecule has 1 N–H and O–H groups in total. The summed E-state index contributed by atoms with van der Waals surface area (Å²) in [6.45, 7) is 13.2. The molecule has 0 radical (unpaired) electrons. The second kappa shape index (κ2) is 10.4. The Kier molecular flexibility index (Phi) is 7.56. The minimum absolute atomic E-state index is 0.0794. The maximum Gasteiger partial charge on any atom is 0.411 e. The van der Waals surface area contributed by atoms with Crippen LogP contribution >= 0.6 is 11.3 Å². The summed E-state index contributed by atoms with van der Waals surface area (Å²) < 4.78 is 17.5. The zero-order valence-corrected chi connectivity index (χ0v) is 23.9. The second-order valence-corrected chi connectivity index (χ2v) is 11.8. The third-order valence-electron chi connectivity index (χ3n) is 6.66. The summed E-state index contributed by atoms with van der Waals surface area (Å²) in [5, 5.41) is 13.5. The molecule has 38 heavy (non-hydrogen) atoms. The molecule has 1 aliphatic rings. The summed E-state index contributed by atoms with van der Waals surface area (Å²) >= 11 is 1.51. The number of thiazole rings is 1. The molecule has 0 bridgehead atoms. The lowest BCUT2D eigenvalue weighted by molar-refractivity contribution is -0.143. The first-order valence-corrected chi connectivity index (χ1v) is 13.5. The van der Waals surface area contributed by atoms with E-state index in [1.165, 1.54) is 16.2 Å². The Morgan fingerprint density at radius 1 is 1.18 bits per heavy atom. The van der Waals surface area contributed by atoms with Crippen molar-refractivity contribution in [2.24, 2.45) is 5.92 Å². The van der Waals surface area contributed by atoms with E-state index in [1.54, 1.807) is 34.8 Å². The fraction of sp³-hybridized carbons (Fsp3) is 0.500. The highest BCUT2D eigenvalue weighted by molar-refractivity contribution is 7.13. The fourth-order valence-electron chi connectivity index (χ4n) is 4.61. The summed E-state index contributed by atoms with van der Waals surface area (Å²) in [6.07, 6.45) is -1.25. The summed E-state index contributed by atoms with van der Waals surface area (Å²) in [5.41, 5.74) is 2.46. The normalized spacial score (nSPS) is 19.7. The number of rotatable bonds is 6. The number of aryl methyl sites for hydroxylation is 1. The quantitative estimate of drug-likeness (QED) is 0.411. The van der Waals surface area contributed by atoms with Crippen molar-refractivity contribution in [1.29, 1.82) is 0 Å². The number of methoxy groups -OCH3 is 1. The van der Waals surface area contributed by atoms with E-state index < -0.39 is 35.7 Å². The monoisotopic (exact) mass is 541 g/mol. The molecule has 3 atom stereocenters. The first-order chi connectivity index (χ1) is 17.8. The van der Waals surface area contributed by atoms with Gasteiger partial charge in [0.25, 0.3) is 0 Å². The number of ether oxygens (including phenoxy) is 3. The van der Waals surface area contributed by atoms with Crippen molar-refractivity contribution < 1.29 is 28.9 Å². The van der Waals surface area contributed by atoms with E-state index in [0.29, 0.717) is 22.7 Å². The Morgan fingerprint density at radius 3 is 2.47 bits per heavy atom. The van der Waals surface area contributed by atoms with E-state index in [1.807, 2.05) is 30.5 Å². The van der Waals surface area contributed by atoms with Gasteiger partial charge in [0.05, 0.1) is 24.9 Å². The van der Waals surface area contributed by atoms with Crippen LogP contribution in [0.1, 0.15) is 58.7 Å². The van der Waals surface area contributed by atoms with Crippen LogP contribution in [0.15, 0.2) is 23.6 Å². The highest BCUT2D eigenvalue weighted by Crippen LogP contribution is 2.38. The van der Waals surface area contributed by atoms with Gasteiger partial charge in [-0.3, -0.25) is 4.90 Å². The number of carbonyl (C=O) groups excluding carboxylic acids is 1. The molecule has 9 nitrogen and oxygen atoms in total. The van der Waals surface area contributed by atoms with Crippen molar-refractivity contribution in [1.82, 2.24) is 14.9 Å². The lowest BCUT2D eigenvalue weighted by Gasteiger charge is -2.27. The van der Waals surface area contributed by atoms with Gasteiger partial charge < -0.3 is 19.3 Å². The molecule has 4 rings (SSSR count). The predicted octanol–water partition coefficient (Wildman–Crippen LogP) is 5.89. The second-order valence-electron chi connectivity index (χ2n) is 11.0. The lowest BCUT2D eigenvalue weighted by atomic mass is 10.0. The smallest absolute Gasteiger partial charge is 0.411 e. The van der Waals surface area contributed by atoms with E-state index in [4.69, 9.17) is 24.2 Å². The minimum Gasteiger partial charge on any atom is -0.496 e. The number of aromatic nitrogens is 2. The molecule has 1 saturated heterocycles. The molecule has 3 aromatic rings. The van der Waals surface area contributed by atoms with Crippen LogP contribution in [0.25, 0.3) is 21.6 Å². The van der Waals surface area contributed by atoms with Crippen molar-refractivity contribution in [3.05, 3.63) is 34.8 Å². The Hall–Kier alpha value is -3.40. The molecule has 204 valence electrons. The number of pyridine rings is 1. The van der Waals surface area contributed by atoms with Gasteiger partial charge in [-0.05, 0) is 45.7 Å². The Bertz CT molecular complexity index is 1360. The van der Waals surface area contributed by atoms with Crippen molar-refractivity contribution in [3.63, 3.8) is 0 Å². The number of hydrogen-bond acceptors (Lipinski definition) is 8. The van der Waals surface area contributed by atoms with Crippen LogP contribution in [0.5, 0.6) is 11.5 Å².